The largest absolute Gasteiger partial charge is 0.494 e. The van der Waals surface area contributed by atoms with Crippen LogP contribution in [0, 0.1) is 0 Å². The second-order valence-corrected chi connectivity index (χ2v) is 9.67. The molecule has 0 radical (unpaired) electrons. The molecule has 0 unspecified atom stereocenters. The molecule has 13 heteroatoms. The van der Waals surface area contributed by atoms with E-state index in [1.165, 1.54) is 7.11 Å². The van der Waals surface area contributed by atoms with Gasteiger partial charge in [-0.1, -0.05) is 36.4 Å². The predicted molar refractivity (Wildman–Crippen MR) is 157 cm³/mol. The van der Waals surface area contributed by atoms with Crippen molar-refractivity contribution in [1.29, 1.82) is 0 Å². The number of hydrogen-bond acceptors (Lipinski definition) is 7. The highest BCUT2D eigenvalue weighted by Gasteiger charge is 2.38. The normalized spacial score (nSPS) is 13.9. The van der Waals surface area contributed by atoms with Gasteiger partial charge < -0.3 is 30.2 Å². The summed E-state index contributed by atoms with van der Waals surface area (Å²) in [5.74, 6) is -3.26. The van der Waals surface area contributed by atoms with E-state index in [1.54, 1.807) is 30.3 Å². The number of carboxylic acid groups (broad SMARTS) is 1. The van der Waals surface area contributed by atoms with Gasteiger partial charge >= 0.3 is 18.1 Å². The maximum absolute atomic E-state index is 13.0. The van der Waals surface area contributed by atoms with Crippen LogP contribution in [0.2, 0.25) is 0 Å². The molecule has 1 aliphatic rings. The van der Waals surface area contributed by atoms with Crippen molar-refractivity contribution in [2.45, 2.75) is 12.6 Å². The monoisotopic (exact) mass is 610 g/mol. The SMILES string of the molecule is COC(=O)c1ccc2c(C(=Nc3ccc(C(=O)N4CCCNCC4)cc3)c3ccccc3)c(O)[nH]c2c1.O=C(O)C(F)(F)F. The van der Waals surface area contributed by atoms with E-state index in [0.717, 1.165) is 31.6 Å². The maximum atomic E-state index is 13.0. The summed E-state index contributed by atoms with van der Waals surface area (Å²) in [4.78, 5) is 43.6. The highest BCUT2D eigenvalue weighted by molar-refractivity contribution is 6.22. The van der Waals surface area contributed by atoms with Crippen LogP contribution in [0.3, 0.4) is 0 Å². The number of hydrogen-bond donors (Lipinski definition) is 4. The van der Waals surface area contributed by atoms with Crippen LogP contribution in [0.25, 0.3) is 10.9 Å². The average molecular weight is 611 g/mol. The van der Waals surface area contributed by atoms with Gasteiger partial charge in [-0.05, 0) is 49.4 Å². The van der Waals surface area contributed by atoms with Crippen molar-refractivity contribution in [3.05, 3.63) is 95.1 Å². The van der Waals surface area contributed by atoms with Crippen LogP contribution in [-0.2, 0) is 9.53 Å². The van der Waals surface area contributed by atoms with Crippen molar-refractivity contribution in [1.82, 2.24) is 15.2 Å². The standard InChI is InChI=1S/C29H28N4O4.C2HF3O2/c1-37-29(36)21-10-13-23-24(18-21)32-27(34)25(23)26(19-6-3-2-4-7-19)31-22-11-8-20(9-12-22)28(35)33-16-5-14-30-15-17-33;3-2(4,5)1(6)7/h2-4,6-13,18,30,32,34H,5,14-17H2,1H3;(H,6,7). The zero-order valence-electron chi connectivity index (χ0n) is 23.5. The fourth-order valence-corrected chi connectivity index (χ4v) is 4.57. The first-order chi connectivity index (χ1) is 21.0. The minimum atomic E-state index is -5.08. The number of rotatable bonds is 5. The number of aromatic amines is 1. The van der Waals surface area contributed by atoms with Crippen LogP contribution in [0.15, 0.2) is 77.8 Å². The number of nitrogens with zero attached hydrogens (tertiary/aromatic N) is 2. The van der Waals surface area contributed by atoms with Gasteiger partial charge in [0.15, 0.2) is 5.88 Å². The number of carboxylic acids is 1. The lowest BCUT2D eigenvalue weighted by Gasteiger charge is -2.20. The van der Waals surface area contributed by atoms with Crippen molar-refractivity contribution in [2.24, 2.45) is 4.99 Å². The second kappa shape index (κ2) is 13.9. The van der Waals surface area contributed by atoms with E-state index in [9.17, 15) is 27.9 Å². The summed E-state index contributed by atoms with van der Waals surface area (Å²) in [5, 5.41) is 22.1. The minimum Gasteiger partial charge on any atom is -0.494 e. The first-order valence-electron chi connectivity index (χ1n) is 13.5. The molecule has 230 valence electrons. The molecule has 5 rings (SSSR count). The van der Waals surface area contributed by atoms with E-state index in [4.69, 9.17) is 19.6 Å². The highest BCUT2D eigenvalue weighted by Crippen LogP contribution is 2.32. The first-order valence-corrected chi connectivity index (χ1v) is 13.5. The Labute approximate surface area is 249 Å². The Hall–Kier alpha value is -5.17. The maximum Gasteiger partial charge on any atom is 0.490 e. The lowest BCUT2D eigenvalue weighted by molar-refractivity contribution is -0.192. The number of alkyl halides is 3. The summed E-state index contributed by atoms with van der Waals surface area (Å²) < 4.78 is 36.6. The van der Waals surface area contributed by atoms with Crippen LogP contribution in [0.5, 0.6) is 5.88 Å². The van der Waals surface area contributed by atoms with Gasteiger partial charge in [0.2, 0.25) is 0 Å². The van der Waals surface area contributed by atoms with E-state index in [1.807, 2.05) is 47.4 Å². The Kier molecular flexibility index (Phi) is 10.0. The molecule has 4 aromatic rings. The Morgan fingerprint density at radius 1 is 0.909 bits per heavy atom. The van der Waals surface area contributed by atoms with Crippen molar-refractivity contribution in [3.63, 3.8) is 0 Å². The molecule has 10 nitrogen and oxygen atoms in total. The number of nitrogens with one attached hydrogen (secondary N) is 2. The number of aromatic nitrogens is 1. The molecule has 0 saturated carbocycles. The average Bonchev–Trinajstić information content (AvgIpc) is 3.15. The summed E-state index contributed by atoms with van der Waals surface area (Å²) in [6.07, 6.45) is -4.15. The van der Waals surface area contributed by atoms with E-state index >= 15 is 0 Å². The molecule has 3 aromatic carbocycles. The third kappa shape index (κ3) is 7.61. The Bertz CT molecular complexity index is 1660. The summed E-state index contributed by atoms with van der Waals surface area (Å²) in [7, 11) is 1.33. The zero-order valence-corrected chi connectivity index (χ0v) is 23.5. The number of aliphatic imine (C=N–C) groups is 1. The molecule has 1 saturated heterocycles. The minimum absolute atomic E-state index is 0.0122. The van der Waals surface area contributed by atoms with Gasteiger partial charge in [-0.15, -0.1) is 0 Å². The fraction of sp³-hybridized carbons (Fsp3) is 0.226. The Morgan fingerprint density at radius 3 is 2.20 bits per heavy atom. The van der Waals surface area contributed by atoms with Gasteiger partial charge in [0.25, 0.3) is 5.91 Å². The number of benzene rings is 3. The number of carbonyl (C=O) groups is 3. The molecule has 2 heterocycles. The first kappa shape index (κ1) is 31.8. The lowest BCUT2D eigenvalue weighted by Crippen LogP contribution is -2.34. The predicted octanol–water partition coefficient (Wildman–Crippen LogP) is 4.90. The van der Waals surface area contributed by atoms with Gasteiger partial charge in [-0.2, -0.15) is 13.2 Å². The number of halogens is 3. The number of esters is 1. The van der Waals surface area contributed by atoms with Crippen molar-refractivity contribution < 1.29 is 42.5 Å². The molecule has 1 amide bonds. The van der Waals surface area contributed by atoms with Gasteiger partial charge in [0.1, 0.15) is 0 Å². The molecule has 1 aromatic heterocycles. The number of amides is 1. The fourth-order valence-electron chi connectivity index (χ4n) is 4.57. The molecule has 0 bridgehead atoms. The molecule has 44 heavy (non-hydrogen) atoms. The van der Waals surface area contributed by atoms with E-state index in [-0.39, 0.29) is 11.8 Å². The van der Waals surface area contributed by atoms with E-state index in [0.29, 0.717) is 45.5 Å². The quantitative estimate of drug-likeness (QED) is 0.186. The molecule has 0 atom stereocenters. The number of ether oxygens (including phenoxy) is 1. The highest BCUT2D eigenvalue weighted by atomic mass is 19.4. The van der Waals surface area contributed by atoms with Crippen molar-refractivity contribution in [2.75, 3.05) is 33.3 Å². The molecule has 1 fully saturated rings. The lowest BCUT2D eigenvalue weighted by atomic mass is 10.00. The summed E-state index contributed by atoms with van der Waals surface area (Å²) in [6.45, 7) is 3.14. The number of aliphatic carboxylic acids is 1. The van der Waals surface area contributed by atoms with Gasteiger partial charge in [0.05, 0.1) is 29.6 Å². The molecular weight excluding hydrogens is 581 g/mol. The number of aromatic hydroxyl groups is 1. The van der Waals surface area contributed by atoms with Crippen LogP contribution in [0.1, 0.15) is 38.3 Å². The number of fused-ring (bicyclic) bond motifs is 1. The van der Waals surface area contributed by atoms with Gasteiger partial charge in [-0.3, -0.25) is 4.79 Å². The van der Waals surface area contributed by atoms with E-state index in [2.05, 4.69) is 10.3 Å². The topological polar surface area (TPSA) is 144 Å². The third-order valence-corrected chi connectivity index (χ3v) is 6.71. The van der Waals surface area contributed by atoms with Crippen LogP contribution in [-0.4, -0.2) is 83.1 Å². The summed E-state index contributed by atoms with van der Waals surface area (Å²) >= 11 is 0. The van der Waals surface area contributed by atoms with Gasteiger partial charge in [0, 0.05) is 41.7 Å². The molecular formula is C31H29F3N4O6. The van der Waals surface area contributed by atoms with Crippen LogP contribution >= 0.6 is 0 Å². The van der Waals surface area contributed by atoms with Crippen molar-refractivity contribution >= 4 is 40.1 Å². The van der Waals surface area contributed by atoms with Gasteiger partial charge in [-0.25, -0.2) is 14.6 Å². The molecule has 0 spiro atoms. The number of carbonyl (C=O) groups excluding carboxylic acids is 2. The zero-order chi connectivity index (χ0) is 31.9. The summed E-state index contributed by atoms with van der Waals surface area (Å²) in [6, 6.07) is 21.9. The third-order valence-electron chi connectivity index (χ3n) is 6.71. The second-order valence-electron chi connectivity index (χ2n) is 9.67. The number of methoxy groups -OCH3 is 1. The van der Waals surface area contributed by atoms with Crippen molar-refractivity contribution in [3.8, 4) is 5.88 Å². The van der Waals surface area contributed by atoms with E-state index < -0.39 is 18.1 Å². The Balaban J connectivity index is 0.000000566. The molecule has 0 aliphatic carbocycles. The van der Waals surface area contributed by atoms with Crippen LogP contribution < -0.4 is 5.32 Å². The molecule has 4 N–H and O–H groups in total. The summed E-state index contributed by atoms with van der Waals surface area (Å²) in [5.41, 5.74) is 4.13. The smallest absolute Gasteiger partial charge is 0.490 e. The van der Waals surface area contributed by atoms with Crippen LogP contribution in [0.4, 0.5) is 18.9 Å². The number of H-pyrrole nitrogens is 1. The Morgan fingerprint density at radius 2 is 1.57 bits per heavy atom. The molecule has 1 aliphatic heterocycles.